The van der Waals surface area contributed by atoms with Crippen LogP contribution in [0, 0.1) is 0 Å². The van der Waals surface area contributed by atoms with Crippen LogP contribution in [0.3, 0.4) is 0 Å². The number of aliphatic hydroxyl groups is 1. The molecule has 0 bridgehead atoms. The average molecular weight is 387 g/mol. The average Bonchev–Trinajstić information content (AvgIpc) is 3.22. The van der Waals surface area contributed by atoms with Gasteiger partial charge in [0, 0.05) is 44.4 Å². The van der Waals surface area contributed by atoms with Gasteiger partial charge in [0.05, 0.1) is 6.61 Å². The monoisotopic (exact) mass is 386 g/mol. The highest BCUT2D eigenvalue weighted by Gasteiger charge is 2.26. The number of rotatable bonds is 7. The zero-order valence-electron chi connectivity index (χ0n) is 15.8. The molecular weight excluding hydrogens is 360 g/mol. The van der Waals surface area contributed by atoms with E-state index in [9.17, 15) is 4.79 Å². The number of aromatic nitrogens is 1. The maximum Gasteiger partial charge on any atom is 0.251 e. The van der Waals surface area contributed by atoms with Gasteiger partial charge in [0.1, 0.15) is 11.6 Å². The van der Waals surface area contributed by atoms with Crippen molar-refractivity contribution in [2.75, 3.05) is 48.7 Å². The van der Waals surface area contributed by atoms with Gasteiger partial charge in [0.2, 0.25) is 0 Å². The lowest BCUT2D eigenvalue weighted by Crippen LogP contribution is -2.28. The molecule has 0 radical (unpaired) electrons. The summed E-state index contributed by atoms with van der Waals surface area (Å²) in [7, 11) is 1.93. The van der Waals surface area contributed by atoms with Crippen molar-refractivity contribution in [3.8, 4) is 0 Å². The molecule has 6 nitrogen and oxygen atoms in total. The van der Waals surface area contributed by atoms with E-state index in [0.717, 1.165) is 31.1 Å². The van der Waals surface area contributed by atoms with E-state index in [1.807, 2.05) is 29.7 Å². The van der Waals surface area contributed by atoms with Crippen molar-refractivity contribution >= 4 is 29.5 Å². The van der Waals surface area contributed by atoms with E-state index in [0.29, 0.717) is 11.5 Å². The fourth-order valence-corrected chi connectivity index (χ4v) is 3.57. The van der Waals surface area contributed by atoms with Crippen molar-refractivity contribution in [2.45, 2.75) is 12.3 Å². The number of nitrogens with zero attached hydrogens (tertiary/aromatic N) is 3. The van der Waals surface area contributed by atoms with E-state index in [-0.39, 0.29) is 19.1 Å². The summed E-state index contributed by atoms with van der Waals surface area (Å²) in [4.78, 5) is 19.5. The van der Waals surface area contributed by atoms with E-state index in [1.54, 1.807) is 18.0 Å². The highest BCUT2D eigenvalue weighted by Crippen LogP contribution is 2.31. The molecule has 2 aromatic rings. The number of anilines is 2. The van der Waals surface area contributed by atoms with Gasteiger partial charge < -0.3 is 19.6 Å². The van der Waals surface area contributed by atoms with E-state index in [1.165, 1.54) is 5.56 Å². The maximum absolute atomic E-state index is 12.4. The van der Waals surface area contributed by atoms with E-state index in [4.69, 9.17) is 10.1 Å². The Bertz CT molecular complexity index is 772. The Morgan fingerprint density at radius 3 is 2.85 bits per heavy atom. The Morgan fingerprint density at radius 2 is 2.15 bits per heavy atom. The molecule has 1 saturated heterocycles. The lowest BCUT2D eigenvalue weighted by atomic mass is 9.99. The summed E-state index contributed by atoms with van der Waals surface area (Å²) < 4.78 is 1.94. The van der Waals surface area contributed by atoms with Crippen LogP contribution in [-0.2, 0) is 0 Å². The summed E-state index contributed by atoms with van der Waals surface area (Å²) in [6.07, 6.45) is 3.04. The lowest BCUT2D eigenvalue weighted by Gasteiger charge is -2.22. The van der Waals surface area contributed by atoms with Crippen molar-refractivity contribution in [3.63, 3.8) is 0 Å². The molecule has 2 N–H and O–H groups in total. The number of pyridine rings is 1. The van der Waals surface area contributed by atoms with Crippen LogP contribution in [0.5, 0.6) is 0 Å². The van der Waals surface area contributed by atoms with E-state index < -0.39 is 0 Å². The molecule has 1 aliphatic rings. The maximum atomic E-state index is 12.4. The Labute approximate surface area is 164 Å². The molecule has 3 rings (SSSR count). The number of nitrogens with one attached hydrogen (secondary N) is 1. The number of carbonyl (C=O) groups is 1. The fourth-order valence-electron chi connectivity index (χ4n) is 3.29. The number of aliphatic hydroxyl groups excluding tert-OH is 1. The van der Waals surface area contributed by atoms with Crippen molar-refractivity contribution in [1.29, 1.82) is 0 Å². The summed E-state index contributed by atoms with van der Waals surface area (Å²) in [5.41, 5.74) is 1.91. The highest BCUT2D eigenvalue weighted by atomic mass is 32.2. The third-order valence-electron chi connectivity index (χ3n) is 4.84. The Kier molecular flexibility index (Phi) is 6.58. The van der Waals surface area contributed by atoms with Gasteiger partial charge in [-0.25, -0.2) is 4.98 Å². The highest BCUT2D eigenvalue weighted by molar-refractivity contribution is 7.99. The minimum absolute atomic E-state index is 0.0772. The molecule has 7 heteroatoms. The first kappa shape index (κ1) is 19.5. The van der Waals surface area contributed by atoms with E-state index in [2.05, 4.69) is 34.5 Å². The normalized spacial score (nSPS) is 16.4. The molecule has 0 spiro atoms. The molecule has 144 valence electrons. The first-order chi connectivity index (χ1) is 13.1. The molecule has 1 aromatic heterocycles. The molecule has 27 heavy (non-hydrogen) atoms. The van der Waals surface area contributed by atoms with Crippen LogP contribution >= 0.6 is 11.9 Å². The third kappa shape index (κ3) is 4.73. The van der Waals surface area contributed by atoms with Crippen molar-refractivity contribution in [2.24, 2.45) is 0 Å². The number of hydrogen-bond donors (Lipinski definition) is 2. The Morgan fingerprint density at radius 1 is 1.37 bits per heavy atom. The van der Waals surface area contributed by atoms with Crippen molar-refractivity contribution in [3.05, 3.63) is 53.6 Å². The van der Waals surface area contributed by atoms with Crippen LogP contribution in [0.4, 0.5) is 11.6 Å². The van der Waals surface area contributed by atoms with Crippen molar-refractivity contribution in [1.82, 2.24) is 10.3 Å². The molecule has 1 fully saturated rings. The van der Waals surface area contributed by atoms with Gasteiger partial charge in [0.25, 0.3) is 5.91 Å². The molecule has 1 atom stereocenters. The van der Waals surface area contributed by atoms with Gasteiger partial charge in [-0.2, -0.15) is 0 Å². The second-order valence-electron chi connectivity index (χ2n) is 6.57. The molecule has 1 unspecified atom stereocenters. The largest absolute Gasteiger partial charge is 0.395 e. The number of carbonyl (C=O) groups excluding carboxylic acids is 1. The van der Waals surface area contributed by atoms with Gasteiger partial charge in [-0.15, -0.1) is 0 Å². The molecule has 1 aromatic carbocycles. The fraction of sp³-hybridized carbons (Fsp3) is 0.400. The molecular formula is C20H26N4O2S. The molecule has 0 aliphatic carbocycles. The number of hydrogen-bond acceptors (Lipinski definition) is 6. The van der Waals surface area contributed by atoms with E-state index >= 15 is 0 Å². The summed E-state index contributed by atoms with van der Waals surface area (Å²) >= 11 is 1.55. The van der Waals surface area contributed by atoms with Crippen LogP contribution in [0.25, 0.3) is 0 Å². The zero-order valence-corrected chi connectivity index (χ0v) is 16.6. The minimum atomic E-state index is -0.192. The molecule has 1 amide bonds. The number of amides is 1. The first-order valence-electron chi connectivity index (χ1n) is 9.11. The van der Waals surface area contributed by atoms with Crippen LogP contribution in [0.1, 0.15) is 28.3 Å². The summed E-state index contributed by atoms with van der Waals surface area (Å²) in [5, 5.41) is 11.7. The van der Waals surface area contributed by atoms with Crippen LogP contribution in [0.15, 0.2) is 42.5 Å². The third-order valence-corrected chi connectivity index (χ3v) is 5.57. The van der Waals surface area contributed by atoms with Crippen LogP contribution in [-0.4, -0.2) is 55.5 Å². The second kappa shape index (κ2) is 9.10. The van der Waals surface area contributed by atoms with Crippen LogP contribution in [0.2, 0.25) is 0 Å². The summed E-state index contributed by atoms with van der Waals surface area (Å²) in [6, 6.07) is 14.2. The predicted octanol–water partition coefficient (Wildman–Crippen LogP) is 2.51. The topological polar surface area (TPSA) is 68.7 Å². The van der Waals surface area contributed by atoms with Crippen LogP contribution < -0.4 is 14.5 Å². The predicted molar refractivity (Wildman–Crippen MR) is 112 cm³/mol. The summed E-state index contributed by atoms with van der Waals surface area (Å²) in [5.74, 6) is 1.85. The smallest absolute Gasteiger partial charge is 0.251 e. The SMILES string of the molecule is CSN(C)c1cc(C(=O)NCCO)cc(N2CCC(c3ccccc3)C2)n1. The molecule has 1 aliphatic heterocycles. The minimum Gasteiger partial charge on any atom is -0.395 e. The second-order valence-corrected chi connectivity index (χ2v) is 7.49. The summed E-state index contributed by atoms with van der Waals surface area (Å²) in [6.45, 7) is 1.97. The standard InChI is InChI=1S/C20H26N4O2S/c1-23(27-2)18-12-17(20(26)21-9-11-25)13-19(22-18)24-10-8-16(14-24)15-6-4-3-5-7-15/h3-7,12-13,16,25H,8-11,14H2,1-2H3,(H,21,26). The first-order valence-corrected chi connectivity index (χ1v) is 10.3. The molecule has 2 heterocycles. The zero-order chi connectivity index (χ0) is 19.2. The Balaban J connectivity index is 1.84. The van der Waals surface area contributed by atoms with Gasteiger partial charge in [-0.1, -0.05) is 42.3 Å². The quantitative estimate of drug-likeness (QED) is 0.713. The van der Waals surface area contributed by atoms with Crippen molar-refractivity contribution < 1.29 is 9.90 Å². The number of benzene rings is 1. The van der Waals surface area contributed by atoms with Gasteiger partial charge >= 0.3 is 0 Å². The Hall–Kier alpha value is -2.25. The van der Waals surface area contributed by atoms with Gasteiger partial charge in [-0.3, -0.25) is 4.79 Å². The van der Waals surface area contributed by atoms with Gasteiger partial charge in [0.15, 0.2) is 0 Å². The molecule has 0 saturated carbocycles. The lowest BCUT2D eigenvalue weighted by molar-refractivity contribution is 0.0944. The van der Waals surface area contributed by atoms with Gasteiger partial charge in [-0.05, 0) is 24.1 Å².